The molecule has 0 saturated carbocycles. The number of halogens is 1. The molecule has 0 aliphatic rings. The van der Waals surface area contributed by atoms with Crippen molar-refractivity contribution in [2.45, 2.75) is 24.0 Å². The van der Waals surface area contributed by atoms with Gasteiger partial charge in [-0.3, -0.25) is 4.99 Å². The summed E-state index contributed by atoms with van der Waals surface area (Å²) >= 11 is 1.81. The van der Waals surface area contributed by atoms with Crippen molar-refractivity contribution in [2.75, 3.05) is 13.1 Å². The van der Waals surface area contributed by atoms with E-state index in [2.05, 4.69) is 29.4 Å². The molecule has 3 nitrogen and oxygen atoms in total. The number of aliphatic imine (C=N–C) groups is 1. The molecule has 3 N–H and O–H groups in total. The Labute approximate surface area is 125 Å². The second-order valence-electron chi connectivity index (χ2n) is 3.50. The molecular weight excluding hydrogens is 345 g/mol. The number of nitrogens with two attached hydrogens (primary N) is 1. The van der Waals surface area contributed by atoms with E-state index < -0.39 is 0 Å². The van der Waals surface area contributed by atoms with Crippen LogP contribution in [0.3, 0.4) is 0 Å². The number of hydrogen-bond acceptors (Lipinski definition) is 2. The van der Waals surface area contributed by atoms with Crippen molar-refractivity contribution in [3.63, 3.8) is 0 Å². The highest BCUT2D eigenvalue weighted by molar-refractivity contribution is 14.0. The first-order chi connectivity index (χ1) is 7.72. The van der Waals surface area contributed by atoms with Crippen LogP contribution in [0.4, 0.5) is 0 Å². The summed E-state index contributed by atoms with van der Waals surface area (Å²) < 4.78 is 0. The molecule has 0 saturated heterocycles. The molecule has 0 aliphatic heterocycles. The molecule has 1 rings (SSSR count). The predicted molar refractivity (Wildman–Crippen MR) is 87.3 cm³/mol. The second kappa shape index (κ2) is 9.58. The highest BCUT2D eigenvalue weighted by Gasteiger charge is 2.03. The summed E-state index contributed by atoms with van der Waals surface area (Å²) in [6.07, 6.45) is 0. The van der Waals surface area contributed by atoms with Crippen molar-refractivity contribution in [3.05, 3.63) is 30.3 Å². The number of rotatable bonds is 5. The molecule has 0 fully saturated rings. The maximum absolute atomic E-state index is 5.66. The quantitative estimate of drug-likeness (QED) is 0.365. The van der Waals surface area contributed by atoms with Gasteiger partial charge in [0.1, 0.15) is 0 Å². The zero-order valence-electron chi connectivity index (χ0n) is 10.2. The molecule has 0 radical (unpaired) electrons. The molecule has 0 bridgehead atoms. The van der Waals surface area contributed by atoms with Crippen LogP contribution in [0.25, 0.3) is 0 Å². The Morgan fingerprint density at radius 2 is 2.06 bits per heavy atom. The van der Waals surface area contributed by atoms with Crippen LogP contribution in [0.1, 0.15) is 13.8 Å². The molecule has 0 aromatic heterocycles. The number of benzene rings is 1. The van der Waals surface area contributed by atoms with Gasteiger partial charge < -0.3 is 11.1 Å². The fourth-order valence-corrected chi connectivity index (χ4v) is 2.16. The van der Waals surface area contributed by atoms with E-state index in [1.54, 1.807) is 0 Å². The third-order valence-corrected chi connectivity index (χ3v) is 3.05. The lowest BCUT2D eigenvalue weighted by molar-refractivity contribution is 0.899. The minimum absolute atomic E-state index is 0. The number of thioether (sulfide) groups is 1. The number of nitrogens with zero attached hydrogens (tertiary/aromatic N) is 1. The summed E-state index contributed by atoms with van der Waals surface area (Å²) in [7, 11) is 0. The van der Waals surface area contributed by atoms with Crippen molar-refractivity contribution in [2.24, 2.45) is 10.7 Å². The molecule has 0 heterocycles. The summed E-state index contributed by atoms with van der Waals surface area (Å²) in [5.41, 5.74) is 5.66. The van der Waals surface area contributed by atoms with E-state index in [-0.39, 0.29) is 24.0 Å². The van der Waals surface area contributed by atoms with Gasteiger partial charge in [-0.15, -0.1) is 35.7 Å². The van der Waals surface area contributed by atoms with Gasteiger partial charge in [0.2, 0.25) is 0 Å². The van der Waals surface area contributed by atoms with Gasteiger partial charge in [-0.25, -0.2) is 0 Å². The topological polar surface area (TPSA) is 50.4 Å². The monoisotopic (exact) mass is 365 g/mol. The van der Waals surface area contributed by atoms with Crippen molar-refractivity contribution in [1.29, 1.82) is 0 Å². The highest BCUT2D eigenvalue weighted by Crippen LogP contribution is 2.22. The fraction of sp³-hybridized carbons (Fsp3) is 0.417. The summed E-state index contributed by atoms with van der Waals surface area (Å²) in [6.45, 7) is 5.71. The first-order valence-electron chi connectivity index (χ1n) is 5.48. The van der Waals surface area contributed by atoms with Gasteiger partial charge in [0, 0.05) is 16.7 Å². The van der Waals surface area contributed by atoms with Gasteiger partial charge in [0.15, 0.2) is 5.96 Å². The minimum atomic E-state index is 0. The van der Waals surface area contributed by atoms with E-state index in [4.69, 9.17) is 5.73 Å². The normalized spacial score (nSPS) is 12.7. The lowest BCUT2D eigenvalue weighted by Gasteiger charge is -2.09. The Kier molecular flexibility index (Phi) is 9.34. The van der Waals surface area contributed by atoms with E-state index in [0.29, 0.717) is 11.2 Å². The zero-order valence-corrected chi connectivity index (χ0v) is 13.4. The van der Waals surface area contributed by atoms with Crippen LogP contribution in [-0.2, 0) is 0 Å². The highest BCUT2D eigenvalue weighted by atomic mass is 127. The molecule has 0 aliphatic carbocycles. The van der Waals surface area contributed by atoms with Gasteiger partial charge in [-0.2, -0.15) is 0 Å². The van der Waals surface area contributed by atoms with Crippen LogP contribution in [0.15, 0.2) is 40.2 Å². The van der Waals surface area contributed by atoms with E-state index in [0.717, 1.165) is 13.1 Å². The van der Waals surface area contributed by atoms with Gasteiger partial charge in [-0.1, -0.05) is 25.1 Å². The summed E-state index contributed by atoms with van der Waals surface area (Å²) in [4.78, 5) is 5.54. The number of hydrogen-bond donors (Lipinski definition) is 2. The molecule has 5 heteroatoms. The van der Waals surface area contributed by atoms with Gasteiger partial charge in [0.25, 0.3) is 0 Å². The van der Waals surface area contributed by atoms with Crippen molar-refractivity contribution in [1.82, 2.24) is 5.32 Å². The molecule has 1 atom stereocenters. The summed E-state index contributed by atoms with van der Waals surface area (Å²) in [5, 5.41) is 3.41. The molecule has 17 heavy (non-hydrogen) atoms. The maximum Gasteiger partial charge on any atom is 0.188 e. The zero-order chi connectivity index (χ0) is 11.8. The van der Waals surface area contributed by atoms with Crippen molar-refractivity contribution in [3.8, 4) is 0 Å². The van der Waals surface area contributed by atoms with Crippen LogP contribution in [0.2, 0.25) is 0 Å². The summed E-state index contributed by atoms with van der Waals surface area (Å²) in [6, 6.07) is 10.3. The third kappa shape index (κ3) is 7.49. The fourth-order valence-electron chi connectivity index (χ4n) is 1.23. The Balaban J connectivity index is 0.00000256. The molecule has 0 spiro atoms. The Morgan fingerprint density at radius 1 is 1.41 bits per heavy atom. The maximum atomic E-state index is 5.66. The first kappa shape index (κ1) is 16.6. The van der Waals surface area contributed by atoms with E-state index in [1.165, 1.54) is 4.90 Å². The van der Waals surface area contributed by atoms with E-state index in [9.17, 15) is 0 Å². The standard InChI is InChI=1S/C12H19N3S.HI/c1-3-14-12(13)15-9-10(2)16-11-7-5-4-6-8-11;/h4-8,10H,3,9H2,1-2H3,(H3,13,14,15);1H. The number of nitrogens with one attached hydrogen (secondary N) is 1. The Bertz CT molecular complexity index is 330. The third-order valence-electron chi connectivity index (χ3n) is 1.96. The lowest BCUT2D eigenvalue weighted by Crippen LogP contribution is -2.31. The van der Waals surface area contributed by atoms with Crippen LogP contribution >= 0.6 is 35.7 Å². The molecule has 1 aromatic rings. The molecular formula is C12H20IN3S. The minimum Gasteiger partial charge on any atom is -0.370 e. The lowest BCUT2D eigenvalue weighted by atomic mass is 10.4. The second-order valence-corrected chi connectivity index (χ2v) is 5.01. The van der Waals surface area contributed by atoms with Gasteiger partial charge in [-0.05, 0) is 19.1 Å². The van der Waals surface area contributed by atoms with E-state index >= 15 is 0 Å². The molecule has 1 unspecified atom stereocenters. The molecule has 0 amide bonds. The average molecular weight is 365 g/mol. The number of guanidine groups is 1. The Morgan fingerprint density at radius 3 is 2.65 bits per heavy atom. The SMILES string of the molecule is CCNC(N)=NCC(C)Sc1ccccc1.I. The van der Waals surface area contributed by atoms with Crippen LogP contribution < -0.4 is 11.1 Å². The van der Waals surface area contributed by atoms with Crippen molar-refractivity contribution < 1.29 is 0 Å². The average Bonchev–Trinajstić information content (AvgIpc) is 2.28. The molecule has 1 aromatic carbocycles. The first-order valence-corrected chi connectivity index (χ1v) is 6.35. The van der Waals surface area contributed by atoms with Crippen molar-refractivity contribution >= 4 is 41.7 Å². The summed E-state index contributed by atoms with van der Waals surface area (Å²) in [5.74, 6) is 0.531. The largest absolute Gasteiger partial charge is 0.370 e. The Hall–Kier alpha value is -0.430. The van der Waals surface area contributed by atoms with Gasteiger partial charge >= 0.3 is 0 Å². The predicted octanol–water partition coefficient (Wildman–Crippen LogP) is 2.71. The van der Waals surface area contributed by atoms with Crippen LogP contribution in [0.5, 0.6) is 0 Å². The van der Waals surface area contributed by atoms with Gasteiger partial charge in [0.05, 0.1) is 6.54 Å². The smallest absolute Gasteiger partial charge is 0.188 e. The van der Waals surface area contributed by atoms with Crippen LogP contribution in [0, 0.1) is 0 Å². The molecule has 96 valence electrons. The van der Waals surface area contributed by atoms with Crippen LogP contribution in [-0.4, -0.2) is 24.3 Å². The van der Waals surface area contributed by atoms with E-state index in [1.807, 2.05) is 36.9 Å².